The zero-order valence-corrected chi connectivity index (χ0v) is 12.4. The van der Waals surface area contributed by atoms with Crippen molar-refractivity contribution in [2.75, 3.05) is 6.61 Å². The second kappa shape index (κ2) is 5.38. The lowest BCUT2D eigenvalue weighted by molar-refractivity contribution is -0.150. The molecule has 1 amide bonds. The molecule has 0 aromatic heterocycles. The molecule has 0 heterocycles. The summed E-state index contributed by atoms with van der Waals surface area (Å²) in [5.41, 5.74) is 0. The largest absolute Gasteiger partial charge is 0.464 e. The van der Waals surface area contributed by atoms with Gasteiger partial charge in [0.15, 0.2) is 0 Å². The summed E-state index contributed by atoms with van der Waals surface area (Å²) in [6.45, 7) is 3.85. The number of rotatable bonds is 4. The summed E-state index contributed by atoms with van der Waals surface area (Å²) >= 11 is 0. The zero-order chi connectivity index (χ0) is 14.3. The first-order chi connectivity index (χ1) is 9.58. The predicted molar refractivity (Wildman–Crippen MR) is 74.8 cm³/mol. The molecule has 112 valence electrons. The van der Waals surface area contributed by atoms with E-state index in [0.29, 0.717) is 18.4 Å². The van der Waals surface area contributed by atoms with Crippen LogP contribution >= 0.6 is 0 Å². The molecular formula is C16H25NO3. The van der Waals surface area contributed by atoms with Crippen LogP contribution in [0.2, 0.25) is 0 Å². The van der Waals surface area contributed by atoms with Gasteiger partial charge in [-0.2, -0.15) is 0 Å². The molecule has 4 heteroatoms. The van der Waals surface area contributed by atoms with E-state index in [2.05, 4.69) is 5.32 Å². The van der Waals surface area contributed by atoms with Crippen molar-refractivity contribution in [3.8, 4) is 0 Å². The molecule has 4 saturated carbocycles. The molecule has 1 atom stereocenters. The highest BCUT2D eigenvalue weighted by Gasteiger charge is 2.50. The summed E-state index contributed by atoms with van der Waals surface area (Å²) in [4.78, 5) is 24.2. The van der Waals surface area contributed by atoms with Crippen LogP contribution in [0.25, 0.3) is 0 Å². The van der Waals surface area contributed by atoms with Gasteiger partial charge in [-0.05, 0) is 69.6 Å². The van der Waals surface area contributed by atoms with Gasteiger partial charge in [0, 0.05) is 5.92 Å². The Bertz CT molecular complexity index is 379. The summed E-state index contributed by atoms with van der Waals surface area (Å²) in [6.07, 6.45) is 6.27. The molecule has 0 saturated heterocycles. The molecule has 20 heavy (non-hydrogen) atoms. The zero-order valence-electron chi connectivity index (χ0n) is 12.4. The first kappa shape index (κ1) is 13.9. The van der Waals surface area contributed by atoms with Gasteiger partial charge in [0.05, 0.1) is 6.61 Å². The van der Waals surface area contributed by atoms with Crippen molar-refractivity contribution in [3.63, 3.8) is 0 Å². The monoisotopic (exact) mass is 279 g/mol. The molecule has 0 radical (unpaired) electrons. The summed E-state index contributed by atoms with van der Waals surface area (Å²) in [5, 5.41) is 2.88. The normalized spacial score (nSPS) is 39.4. The average molecular weight is 279 g/mol. The Balaban J connectivity index is 1.61. The first-order valence-corrected chi connectivity index (χ1v) is 8.05. The van der Waals surface area contributed by atoms with Crippen molar-refractivity contribution in [2.24, 2.45) is 29.6 Å². The standard InChI is InChI=1S/C16H25NO3/c1-3-20-16(19)9(2)17-15(18)14-12-5-10-4-11(7-12)8-13(14)6-10/h9-14H,3-8H2,1-2H3,(H,17,18). The van der Waals surface area contributed by atoms with Crippen molar-refractivity contribution in [3.05, 3.63) is 0 Å². The van der Waals surface area contributed by atoms with E-state index in [0.717, 1.165) is 11.8 Å². The van der Waals surface area contributed by atoms with Crippen molar-refractivity contribution in [1.82, 2.24) is 5.32 Å². The fraction of sp³-hybridized carbons (Fsp3) is 0.875. The van der Waals surface area contributed by atoms with Crippen LogP contribution < -0.4 is 5.32 Å². The third-order valence-electron chi connectivity index (χ3n) is 5.53. The molecule has 1 N–H and O–H groups in total. The molecule has 0 aromatic carbocycles. The van der Waals surface area contributed by atoms with Crippen LogP contribution in [0.3, 0.4) is 0 Å². The van der Waals surface area contributed by atoms with Crippen LogP contribution in [0.1, 0.15) is 46.0 Å². The Hall–Kier alpha value is -1.06. The van der Waals surface area contributed by atoms with Crippen molar-refractivity contribution in [2.45, 2.75) is 52.0 Å². The molecule has 4 aliphatic rings. The van der Waals surface area contributed by atoms with Crippen molar-refractivity contribution >= 4 is 11.9 Å². The van der Waals surface area contributed by atoms with Crippen LogP contribution in [-0.4, -0.2) is 24.5 Å². The highest BCUT2D eigenvalue weighted by molar-refractivity contribution is 5.86. The van der Waals surface area contributed by atoms with Gasteiger partial charge in [-0.1, -0.05) is 0 Å². The maximum atomic E-state index is 12.5. The van der Waals surface area contributed by atoms with Gasteiger partial charge in [-0.3, -0.25) is 4.79 Å². The molecule has 4 bridgehead atoms. The van der Waals surface area contributed by atoms with Gasteiger partial charge in [-0.25, -0.2) is 4.79 Å². The topological polar surface area (TPSA) is 55.4 Å². The Labute approximate surface area is 120 Å². The lowest BCUT2D eigenvalue weighted by Crippen LogP contribution is -2.53. The van der Waals surface area contributed by atoms with Crippen LogP contribution in [-0.2, 0) is 14.3 Å². The predicted octanol–water partition coefficient (Wildman–Crippen LogP) is 2.13. The Morgan fingerprint density at radius 3 is 2.15 bits per heavy atom. The maximum Gasteiger partial charge on any atom is 0.328 e. The molecule has 0 aromatic rings. The van der Waals surface area contributed by atoms with Gasteiger partial charge >= 0.3 is 5.97 Å². The SMILES string of the molecule is CCOC(=O)C(C)NC(=O)C1C2CC3CC(C2)CC1C3. The second-order valence-electron chi connectivity index (χ2n) is 6.94. The lowest BCUT2D eigenvalue weighted by Gasteiger charge is -2.53. The summed E-state index contributed by atoms with van der Waals surface area (Å²) in [7, 11) is 0. The van der Waals surface area contributed by atoms with Crippen LogP contribution in [0.5, 0.6) is 0 Å². The molecule has 4 fully saturated rings. The highest BCUT2D eigenvalue weighted by atomic mass is 16.5. The van der Waals surface area contributed by atoms with Crippen molar-refractivity contribution in [1.29, 1.82) is 0 Å². The molecule has 0 spiro atoms. The van der Waals surface area contributed by atoms with E-state index in [1.54, 1.807) is 13.8 Å². The summed E-state index contributed by atoms with van der Waals surface area (Å²) < 4.78 is 4.96. The van der Waals surface area contributed by atoms with Crippen LogP contribution in [0.4, 0.5) is 0 Å². The van der Waals surface area contributed by atoms with E-state index in [1.807, 2.05) is 0 Å². The van der Waals surface area contributed by atoms with Crippen molar-refractivity contribution < 1.29 is 14.3 Å². The Morgan fingerprint density at radius 1 is 1.10 bits per heavy atom. The number of hydrogen-bond donors (Lipinski definition) is 1. The fourth-order valence-electron chi connectivity index (χ4n) is 4.99. The third-order valence-corrected chi connectivity index (χ3v) is 5.53. The maximum absolute atomic E-state index is 12.5. The van der Waals surface area contributed by atoms with E-state index < -0.39 is 6.04 Å². The minimum atomic E-state index is -0.528. The molecule has 0 aliphatic heterocycles. The quantitative estimate of drug-likeness (QED) is 0.802. The minimum Gasteiger partial charge on any atom is -0.464 e. The van der Waals surface area contributed by atoms with E-state index >= 15 is 0 Å². The fourth-order valence-corrected chi connectivity index (χ4v) is 4.99. The molecule has 1 unspecified atom stereocenters. The molecule has 4 nitrogen and oxygen atoms in total. The van der Waals surface area contributed by atoms with Gasteiger partial charge in [-0.15, -0.1) is 0 Å². The summed E-state index contributed by atoms with van der Waals surface area (Å²) in [6, 6.07) is -0.528. The number of carbonyl (C=O) groups is 2. The van der Waals surface area contributed by atoms with E-state index in [-0.39, 0.29) is 17.8 Å². The average Bonchev–Trinajstić information content (AvgIpc) is 2.37. The number of esters is 1. The van der Waals surface area contributed by atoms with Gasteiger partial charge in [0.1, 0.15) is 6.04 Å². The Kier molecular flexibility index (Phi) is 3.74. The van der Waals surface area contributed by atoms with Crippen LogP contribution in [0.15, 0.2) is 0 Å². The van der Waals surface area contributed by atoms with Gasteiger partial charge in [0.25, 0.3) is 0 Å². The third kappa shape index (κ3) is 2.45. The highest BCUT2D eigenvalue weighted by Crippen LogP contribution is 2.56. The number of carbonyl (C=O) groups excluding carboxylic acids is 2. The second-order valence-corrected chi connectivity index (χ2v) is 6.94. The number of nitrogens with one attached hydrogen (secondary N) is 1. The van der Waals surface area contributed by atoms with E-state index in [9.17, 15) is 9.59 Å². The number of amides is 1. The van der Waals surface area contributed by atoms with E-state index in [1.165, 1.54) is 32.1 Å². The first-order valence-electron chi connectivity index (χ1n) is 8.05. The molecule has 4 rings (SSSR count). The molecule has 4 aliphatic carbocycles. The van der Waals surface area contributed by atoms with E-state index in [4.69, 9.17) is 4.74 Å². The Morgan fingerprint density at radius 2 is 1.65 bits per heavy atom. The summed E-state index contributed by atoms with van der Waals surface area (Å²) in [5.74, 6) is 2.73. The number of hydrogen-bond acceptors (Lipinski definition) is 3. The lowest BCUT2D eigenvalue weighted by atomic mass is 9.51. The van der Waals surface area contributed by atoms with Gasteiger partial charge in [0.2, 0.25) is 5.91 Å². The smallest absolute Gasteiger partial charge is 0.328 e. The number of ether oxygens (including phenoxy) is 1. The molecular weight excluding hydrogens is 254 g/mol. The minimum absolute atomic E-state index is 0.0827. The van der Waals surface area contributed by atoms with Crippen LogP contribution in [0, 0.1) is 29.6 Å². The van der Waals surface area contributed by atoms with Gasteiger partial charge < -0.3 is 10.1 Å².